The smallest absolute Gasteiger partial charge is 0.318 e. The van der Waals surface area contributed by atoms with Gasteiger partial charge in [0, 0.05) is 6.07 Å². The van der Waals surface area contributed by atoms with Crippen LogP contribution in [0.3, 0.4) is 0 Å². The standard InChI is InChI=1S/C22H13ClN4O6S/c23-16-3-1-2-4-17(16)24-22-25-21(28)20(34-22)11-13-5-8-15(9-6-13)33-19-10-7-14(26(29)30)12-18(19)27(31)32/h1-12H,(H,24,25,28). The molecule has 12 heteroatoms. The molecule has 4 rings (SSSR count). The summed E-state index contributed by atoms with van der Waals surface area (Å²) in [5.41, 5.74) is 0.285. The number of para-hydroxylation sites is 1. The molecule has 0 atom stereocenters. The molecule has 10 nitrogen and oxygen atoms in total. The van der Waals surface area contributed by atoms with E-state index in [0.717, 1.165) is 23.9 Å². The number of hydrogen-bond acceptors (Lipinski definition) is 8. The first-order chi connectivity index (χ1) is 16.3. The molecule has 1 N–H and O–H groups in total. The lowest BCUT2D eigenvalue weighted by Crippen LogP contribution is -2.19. The molecular formula is C22H13ClN4O6S. The second kappa shape index (κ2) is 9.73. The van der Waals surface area contributed by atoms with Crippen LogP contribution in [0.1, 0.15) is 5.56 Å². The van der Waals surface area contributed by atoms with Gasteiger partial charge in [0.1, 0.15) is 5.75 Å². The number of nitro groups is 2. The highest BCUT2D eigenvalue weighted by molar-refractivity contribution is 8.18. The van der Waals surface area contributed by atoms with Crippen molar-refractivity contribution in [2.45, 2.75) is 0 Å². The van der Waals surface area contributed by atoms with Crippen molar-refractivity contribution in [3.8, 4) is 11.5 Å². The lowest BCUT2D eigenvalue weighted by Gasteiger charge is -2.06. The van der Waals surface area contributed by atoms with Crippen molar-refractivity contribution in [3.63, 3.8) is 0 Å². The summed E-state index contributed by atoms with van der Waals surface area (Å²) in [5.74, 6) is -0.158. The second-order valence-corrected chi connectivity index (χ2v) is 8.21. The zero-order valence-electron chi connectivity index (χ0n) is 17.0. The number of amidine groups is 1. The van der Waals surface area contributed by atoms with Crippen LogP contribution in [0.2, 0.25) is 5.02 Å². The van der Waals surface area contributed by atoms with Crippen LogP contribution in [-0.2, 0) is 4.79 Å². The van der Waals surface area contributed by atoms with E-state index in [1.165, 1.54) is 6.07 Å². The van der Waals surface area contributed by atoms with Crippen LogP contribution < -0.4 is 10.1 Å². The number of aliphatic imine (C=N–C) groups is 1. The van der Waals surface area contributed by atoms with Crippen molar-refractivity contribution in [3.05, 3.63) is 102 Å². The van der Waals surface area contributed by atoms with Gasteiger partial charge in [0.25, 0.3) is 11.6 Å². The number of non-ortho nitro benzene ring substituents is 1. The molecule has 0 bridgehead atoms. The van der Waals surface area contributed by atoms with Crippen molar-refractivity contribution < 1.29 is 19.4 Å². The van der Waals surface area contributed by atoms with Gasteiger partial charge in [-0.2, -0.15) is 0 Å². The highest BCUT2D eigenvalue weighted by atomic mass is 35.5. The first-order valence-corrected chi connectivity index (χ1v) is 10.7. The molecule has 0 aliphatic carbocycles. The van der Waals surface area contributed by atoms with E-state index in [2.05, 4.69) is 10.3 Å². The fourth-order valence-electron chi connectivity index (χ4n) is 2.89. The van der Waals surface area contributed by atoms with Crippen molar-refractivity contribution in [2.75, 3.05) is 0 Å². The topological polar surface area (TPSA) is 137 Å². The van der Waals surface area contributed by atoms with Crippen LogP contribution in [0.5, 0.6) is 11.5 Å². The predicted octanol–water partition coefficient (Wildman–Crippen LogP) is 5.84. The van der Waals surface area contributed by atoms with Crippen molar-refractivity contribution in [2.24, 2.45) is 4.99 Å². The molecular weight excluding hydrogens is 484 g/mol. The van der Waals surface area contributed by atoms with Gasteiger partial charge >= 0.3 is 5.69 Å². The van der Waals surface area contributed by atoms with Gasteiger partial charge in [-0.3, -0.25) is 25.0 Å². The summed E-state index contributed by atoms with van der Waals surface area (Å²) in [6.45, 7) is 0. The number of ether oxygens (including phenoxy) is 1. The second-order valence-electron chi connectivity index (χ2n) is 6.77. The molecule has 1 aliphatic heterocycles. The average molecular weight is 497 g/mol. The normalized spacial score (nSPS) is 15.4. The lowest BCUT2D eigenvalue weighted by molar-refractivity contribution is -0.394. The number of nitro benzene ring substituents is 2. The monoisotopic (exact) mass is 496 g/mol. The van der Waals surface area contributed by atoms with Gasteiger partial charge < -0.3 is 10.1 Å². The summed E-state index contributed by atoms with van der Waals surface area (Å²) in [6.07, 6.45) is 1.66. The Hall–Kier alpha value is -4.22. The van der Waals surface area contributed by atoms with E-state index in [1.54, 1.807) is 54.6 Å². The van der Waals surface area contributed by atoms with Gasteiger partial charge in [-0.25, -0.2) is 4.99 Å². The van der Waals surface area contributed by atoms with E-state index in [1.807, 2.05) is 0 Å². The summed E-state index contributed by atoms with van der Waals surface area (Å²) < 4.78 is 5.55. The van der Waals surface area contributed by atoms with Crippen molar-refractivity contribution in [1.82, 2.24) is 5.32 Å². The van der Waals surface area contributed by atoms with Crippen LogP contribution in [0, 0.1) is 20.2 Å². The highest BCUT2D eigenvalue weighted by Crippen LogP contribution is 2.35. The van der Waals surface area contributed by atoms with Gasteiger partial charge in [-0.15, -0.1) is 0 Å². The Morgan fingerprint density at radius 2 is 1.74 bits per heavy atom. The number of thioether (sulfide) groups is 1. The third-order valence-corrected chi connectivity index (χ3v) is 5.71. The van der Waals surface area contributed by atoms with Crippen LogP contribution in [0.25, 0.3) is 6.08 Å². The van der Waals surface area contributed by atoms with Gasteiger partial charge in [0.2, 0.25) is 5.75 Å². The number of rotatable bonds is 6. The number of hydrogen-bond donors (Lipinski definition) is 1. The maximum absolute atomic E-state index is 12.3. The summed E-state index contributed by atoms with van der Waals surface area (Å²) in [5, 5.41) is 25.7. The summed E-state index contributed by atoms with van der Waals surface area (Å²) in [7, 11) is 0. The molecule has 1 amide bonds. The number of amides is 1. The van der Waals surface area contributed by atoms with Crippen molar-refractivity contribution >= 4 is 57.6 Å². The van der Waals surface area contributed by atoms with E-state index in [-0.39, 0.29) is 17.4 Å². The largest absolute Gasteiger partial charge is 0.450 e. The minimum absolute atomic E-state index is 0.132. The Labute approximate surface area is 201 Å². The zero-order chi connectivity index (χ0) is 24.2. The molecule has 0 radical (unpaired) electrons. The predicted molar refractivity (Wildman–Crippen MR) is 129 cm³/mol. The number of carbonyl (C=O) groups is 1. The number of nitrogens with one attached hydrogen (secondary N) is 1. The maximum Gasteiger partial charge on any atom is 0.318 e. The third kappa shape index (κ3) is 5.22. The highest BCUT2D eigenvalue weighted by Gasteiger charge is 2.24. The SMILES string of the molecule is O=C1NC(=Nc2ccccc2Cl)SC1=Cc1ccc(Oc2ccc([N+](=O)[O-])cc2[N+](=O)[O-])cc1. The molecule has 1 aliphatic rings. The molecule has 3 aromatic carbocycles. The molecule has 170 valence electrons. The molecule has 0 spiro atoms. The molecule has 34 heavy (non-hydrogen) atoms. The fraction of sp³-hybridized carbons (Fsp3) is 0. The van der Waals surface area contributed by atoms with Gasteiger partial charge in [-0.05, 0) is 53.7 Å². The molecule has 0 aromatic heterocycles. The van der Waals surface area contributed by atoms with Crippen LogP contribution in [0.4, 0.5) is 17.1 Å². The Morgan fingerprint density at radius 1 is 1.00 bits per heavy atom. The third-order valence-electron chi connectivity index (χ3n) is 4.48. The molecule has 0 saturated carbocycles. The van der Waals surface area contributed by atoms with E-state index in [0.29, 0.717) is 26.3 Å². The van der Waals surface area contributed by atoms with Crippen LogP contribution >= 0.6 is 23.4 Å². The Morgan fingerprint density at radius 3 is 2.41 bits per heavy atom. The zero-order valence-corrected chi connectivity index (χ0v) is 18.6. The first-order valence-electron chi connectivity index (χ1n) is 9.55. The number of benzene rings is 3. The average Bonchev–Trinajstić information content (AvgIpc) is 3.15. The Bertz CT molecular complexity index is 1370. The minimum atomic E-state index is -0.751. The summed E-state index contributed by atoms with van der Waals surface area (Å²) in [4.78, 5) is 37.7. The molecule has 1 saturated heterocycles. The Kier molecular flexibility index (Phi) is 6.57. The van der Waals surface area contributed by atoms with Gasteiger partial charge in [0.05, 0.1) is 31.5 Å². The van der Waals surface area contributed by atoms with Gasteiger partial charge in [0.15, 0.2) is 5.17 Å². The van der Waals surface area contributed by atoms with E-state index in [4.69, 9.17) is 16.3 Å². The molecule has 0 unspecified atom stereocenters. The number of carbonyl (C=O) groups excluding carboxylic acids is 1. The van der Waals surface area contributed by atoms with E-state index in [9.17, 15) is 25.0 Å². The molecule has 3 aromatic rings. The Balaban J connectivity index is 1.50. The van der Waals surface area contributed by atoms with Crippen molar-refractivity contribution in [1.29, 1.82) is 0 Å². The quantitative estimate of drug-likeness (QED) is 0.257. The van der Waals surface area contributed by atoms with Crippen LogP contribution in [-0.4, -0.2) is 20.9 Å². The lowest BCUT2D eigenvalue weighted by atomic mass is 10.2. The number of nitrogens with zero attached hydrogens (tertiary/aromatic N) is 3. The van der Waals surface area contributed by atoms with Gasteiger partial charge in [-0.1, -0.05) is 35.9 Å². The number of halogens is 1. The van der Waals surface area contributed by atoms with E-state index >= 15 is 0 Å². The maximum atomic E-state index is 12.3. The van der Waals surface area contributed by atoms with E-state index < -0.39 is 21.2 Å². The first kappa shape index (κ1) is 23.0. The molecule has 1 heterocycles. The summed E-state index contributed by atoms with van der Waals surface area (Å²) in [6, 6.07) is 16.6. The fourth-order valence-corrected chi connectivity index (χ4v) is 3.90. The molecule has 1 fully saturated rings. The van der Waals surface area contributed by atoms with Crippen LogP contribution in [0.15, 0.2) is 76.6 Å². The summed E-state index contributed by atoms with van der Waals surface area (Å²) >= 11 is 7.27. The minimum Gasteiger partial charge on any atom is -0.450 e.